The summed E-state index contributed by atoms with van der Waals surface area (Å²) in [5, 5.41) is 3.53. The summed E-state index contributed by atoms with van der Waals surface area (Å²) in [5.74, 6) is -0.112. The summed E-state index contributed by atoms with van der Waals surface area (Å²) in [7, 11) is 6.01. The predicted molar refractivity (Wildman–Crippen MR) is 85.6 cm³/mol. The number of amides is 1. The Hall–Kier alpha value is -1.78. The quantitative estimate of drug-likeness (QED) is 0.922. The third-order valence-electron chi connectivity index (χ3n) is 3.49. The van der Waals surface area contributed by atoms with E-state index in [1.165, 1.54) is 0 Å². The molecule has 21 heavy (non-hydrogen) atoms. The summed E-state index contributed by atoms with van der Waals surface area (Å²) < 4.78 is 2.07. The Balaban J connectivity index is 2.06. The number of rotatable bonds is 5. The number of aryl methyl sites for hydroxylation is 1. The van der Waals surface area contributed by atoms with Crippen LogP contribution in [0.3, 0.4) is 0 Å². The maximum Gasteiger partial charge on any atom is 0.251 e. The Labute approximate surface area is 130 Å². The number of hydrogen-bond acceptors (Lipinski definition) is 2. The first-order valence-electron chi connectivity index (χ1n) is 6.80. The molecule has 0 saturated heterocycles. The molecule has 1 aromatic heterocycles. The maximum atomic E-state index is 12.2. The molecule has 1 atom stereocenters. The van der Waals surface area contributed by atoms with Gasteiger partial charge in [0, 0.05) is 36.1 Å². The van der Waals surface area contributed by atoms with E-state index in [0.717, 1.165) is 5.69 Å². The summed E-state index contributed by atoms with van der Waals surface area (Å²) in [6.45, 7) is 0.538. The summed E-state index contributed by atoms with van der Waals surface area (Å²) in [5.41, 5.74) is 1.73. The van der Waals surface area contributed by atoms with Crippen molar-refractivity contribution in [3.8, 4) is 0 Å². The molecule has 5 heteroatoms. The van der Waals surface area contributed by atoms with E-state index in [2.05, 4.69) is 20.9 Å². The van der Waals surface area contributed by atoms with Gasteiger partial charge in [0.25, 0.3) is 5.91 Å². The van der Waals surface area contributed by atoms with Crippen LogP contribution in [0.4, 0.5) is 0 Å². The number of halogens is 1. The van der Waals surface area contributed by atoms with Gasteiger partial charge in [-0.25, -0.2) is 0 Å². The summed E-state index contributed by atoms with van der Waals surface area (Å²) in [6.07, 6.45) is 2.00. The third kappa shape index (κ3) is 3.86. The van der Waals surface area contributed by atoms with E-state index >= 15 is 0 Å². The lowest BCUT2D eigenvalue weighted by Crippen LogP contribution is -2.35. The van der Waals surface area contributed by atoms with Gasteiger partial charge in [0.2, 0.25) is 0 Å². The highest BCUT2D eigenvalue weighted by Crippen LogP contribution is 2.17. The molecular weight excluding hydrogens is 286 g/mol. The van der Waals surface area contributed by atoms with Gasteiger partial charge in [-0.2, -0.15) is 0 Å². The molecule has 0 bridgehead atoms. The molecule has 112 valence electrons. The van der Waals surface area contributed by atoms with Crippen molar-refractivity contribution in [1.29, 1.82) is 0 Å². The summed E-state index contributed by atoms with van der Waals surface area (Å²) >= 11 is 5.91. The largest absolute Gasteiger partial charge is 0.353 e. The molecule has 1 aromatic carbocycles. The van der Waals surface area contributed by atoms with Gasteiger partial charge in [0.1, 0.15) is 0 Å². The smallest absolute Gasteiger partial charge is 0.251 e. The Morgan fingerprint density at radius 1 is 1.33 bits per heavy atom. The maximum absolute atomic E-state index is 12.2. The number of carbonyl (C=O) groups excluding carboxylic acids is 1. The van der Waals surface area contributed by atoms with E-state index in [0.29, 0.717) is 17.1 Å². The van der Waals surface area contributed by atoms with E-state index in [9.17, 15) is 4.79 Å². The second-order valence-electron chi connectivity index (χ2n) is 5.24. The molecule has 2 rings (SSSR count). The van der Waals surface area contributed by atoms with Crippen LogP contribution in [0.2, 0.25) is 5.02 Å². The lowest BCUT2D eigenvalue weighted by molar-refractivity contribution is 0.0941. The van der Waals surface area contributed by atoms with Crippen LogP contribution in [0.5, 0.6) is 0 Å². The molecule has 0 saturated carbocycles. The highest BCUT2D eigenvalue weighted by atomic mass is 35.5. The van der Waals surface area contributed by atoms with Crippen molar-refractivity contribution >= 4 is 17.5 Å². The third-order valence-corrected chi connectivity index (χ3v) is 3.73. The number of likely N-dealkylation sites (N-methyl/N-ethyl adjacent to an activating group) is 1. The molecule has 1 unspecified atom stereocenters. The first-order chi connectivity index (χ1) is 9.99. The van der Waals surface area contributed by atoms with Gasteiger partial charge in [-0.15, -0.1) is 0 Å². The molecule has 0 spiro atoms. The molecule has 1 N–H and O–H groups in total. The standard InChI is InChI=1S/C16H20ClN3O/c1-19(2)15(14-8-5-9-20(14)3)11-18-16(21)12-6-4-7-13(17)10-12/h4-10,15H,11H2,1-3H3,(H,18,21). The number of aromatic nitrogens is 1. The van der Waals surface area contributed by atoms with Gasteiger partial charge < -0.3 is 9.88 Å². The molecule has 0 aliphatic heterocycles. The normalized spacial score (nSPS) is 12.4. The fourth-order valence-corrected chi connectivity index (χ4v) is 2.48. The van der Waals surface area contributed by atoms with E-state index in [4.69, 9.17) is 11.6 Å². The number of nitrogens with zero attached hydrogens (tertiary/aromatic N) is 2. The van der Waals surface area contributed by atoms with Crippen molar-refractivity contribution in [2.24, 2.45) is 7.05 Å². The van der Waals surface area contributed by atoms with E-state index in [1.54, 1.807) is 24.3 Å². The van der Waals surface area contributed by atoms with Crippen molar-refractivity contribution in [2.75, 3.05) is 20.6 Å². The molecule has 2 aromatic rings. The van der Waals surface area contributed by atoms with Crippen LogP contribution in [-0.4, -0.2) is 36.0 Å². The fraction of sp³-hybridized carbons (Fsp3) is 0.312. The average Bonchev–Trinajstić information content (AvgIpc) is 2.85. The molecule has 0 fully saturated rings. The number of hydrogen-bond donors (Lipinski definition) is 1. The van der Waals surface area contributed by atoms with Crippen LogP contribution in [-0.2, 0) is 7.05 Å². The van der Waals surface area contributed by atoms with Crippen molar-refractivity contribution < 1.29 is 4.79 Å². The molecule has 1 heterocycles. The molecule has 4 nitrogen and oxygen atoms in total. The van der Waals surface area contributed by atoms with Crippen molar-refractivity contribution in [3.63, 3.8) is 0 Å². The molecule has 1 amide bonds. The van der Waals surface area contributed by atoms with Gasteiger partial charge in [0.05, 0.1) is 6.04 Å². The van der Waals surface area contributed by atoms with Crippen LogP contribution in [0, 0.1) is 0 Å². The molecule has 0 aliphatic rings. The van der Waals surface area contributed by atoms with Gasteiger partial charge in [-0.05, 0) is 44.4 Å². The van der Waals surface area contributed by atoms with Crippen molar-refractivity contribution in [3.05, 3.63) is 58.9 Å². The first kappa shape index (κ1) is 15.6. The van der Waals surface area contributed by atoms with E-state index < -0.39 is 0 Å². The van der Waals surface area contributed by atoms with Gasteiger partial charge in [-0.3, -0.25) is 9.69 Å². The van der Waals surface area contributed by atoms with Crippen LogP contribution in [0.1, 0.15) is 22.1 Å². The topological polar surface area (TPSA) is 37.3 Å². The second kappa shape index (κ2) is 6.78. The zero-order valence-electron chi connectivity index (χ0n) is 12.5. The molecule has 0 radical (unpaired) electrons. The SMILES string of the molecule is CN(C)C(CNC(=O)c1cccc(Cl)c1)c1cccn1C. The summed E-state index contributed by atoms with van der Waals surface area (Å²) in [6, 6.07) is 11.1. The van der Waals surface area contributed by atoms with Gasteiger partial charge in [-0.1, -0.05) is 17.7 Å². The summed E-state index contributed by atoms with van der Waals surface area (Å²) in [4.78, 5) is 14.3. The van der Waals surface area contributed by atoms with Crippen LogP contribution in [0.25, 0.3) is 0 Å². The first-order valence-corrected chi connectivity index (χ1v) is 7.18. The number of nitrogens with one attached hydrogen (secondary N) is 1. The average molecular weight is 306 g/mol. The minimum atomic E-state index is -0.112. The number of carbonyl (C=O) groups is 1. The molecular formula is C16H20ClN3O. The fourth-order valence-electron chi connectivity index (χ4n) is 2.29. The lowest BCUT2D eigenvalue weighted by Gasteiger charge is -2.25. The Kier molecular flexibility index (Phi) is 5.04. The monoisotopic (exact) mass is 305 g/mol. The lowest BCUT2D eigenvalue weighted by atomic mass is 10.1. The van der Waals surface area contributed by atoms with Crippen LogP contribution >= 0.6 is 11.6 Å². The van der Waals surface area contributed by atoms with Crippen LogP contribution < -0.4 is 5.32 Å². The minimum absolute atomic E-state index is 0.112. The highest BCUT2D eigenvalue weighted by molar-refractivity contribution is 6.30. The van der Waals surface area contributed by atoms with E-state index in [1.807, 2.05) is 33.4 Å². The second-order valence-corrected chi connectivity index (χ2v) is 5.68. The van der Waals surface area contributed by atoms with E-state index in [-0.39, 0.29) is 11.9 Å². The van der Waals surface area contributed by atoms with Crippen molar-refractivity contribution in [1.82, 2.24) is 14.8 Å². The minimum Gasteiger partial charge on any atom is -0.353 e. The highest BCUT2D eigenvalue weighted by Gasteiger charge is 2.18. The number of benzene rings is 1. The van der Waals surface area contributed by atoms with Gasteiger partial charge >= 0.3 is 0 Å². The Bertz CT molecular complexity index is 621. The zero-order valence-corrected chi connectivity index (χ0v) is 13.3. The Morgan fingerprint density at radius 2 is 2.10 bits per heavy atom. The molecule has 0 aliphatic carbocycles. The van der Waals surface area contributed by atoms with Crippen LogP contribution in [0.15, 0.2) is 42.6 Å². The predicted octanol–water partition coefficient (Wildman–Crippen LogP) is 2.71. The van der Waals surface area contributed by atoms with Gasteiger partial charge in [0.15, 0.2) is 0 Å². The Morgan fingerprint density at radius 3 is 2.67 bits per heavy atom. The van der Waals surface area contributed by atoms with Crippen molar-refractivity contribution in [2.45, 2.75) is 6.04 Å². The zero-order chi connectivity index (χ0) is 15.4.